The first kappa shape index (κ1) is 20.2. The maximum Gasteiger partial charge on any atom is 0.270 e. The molecule has 0 spiro atoms. The van der Waals surface area contributed by atoms with Crippen LogP contribution >= 0.6 is 0 Å². The van der Waals surface area contributed by atoms with Gasteiger partial charge in [0.25, 0.3) is 5.91 Å². The van der Waals surface area contributed by atoms with Gasteiger partial charge >= 0.3 is 0 Å². The lowest BCUT2D eigenvalue weighted by molar-refractivity contribution is 0.0964. The summed E-state index contributed by atoms with van der Waals surface area (Å²) in [5.41, 5.74) is 14.7. The number of carbonyl (C=O) groups is 1. The smallest absolute Gasteiger partial charge is 0.270 e. The molecule has 0 saturated carbocycles. The monoisotopic (exact) mass is 412 g/mol. The van der Waals surface area contributed by atoms with Crippen LogP contribution in [0.2, 0.25) is 0 Å². The van der Waals surface area contributed by atoms with Gasteiger partial charge < -0.3 is 11.1 Å². The van der Waals surface area contributed by atoms with Crippen LogP contribution < -0.4 is 21.9 Å². The number of aromatic nitrogens is 2. The number of nitrogens with two attached hydrogens (primary N) is 1. The van der Waals surface area contributed by atoms with Crippen LogP contribution in [0.5, 0.6) is 0 Å². The maximum absolute atomic E-state index is 12.7. The Morgan fingerprint density at radius 1 is 0.903 bits per heavy atom. The molecule has 4 aromatic rings. The number of nitrogen functional groups attached to an aromatic ring is 1. The highest BCUT2D eigenvalue weighted by molar-refractivity contribution is 6.07. The molecule has 0 aliphatic rings. The molecular weight excluding hydrogens is 388 g/mol. The van der Waals surface area contributed by atoms with E-state index in [-0.39, 0.29) is 5.91 Å². The fraction of sp³-hybridized carbons (Fsp3) is 0.125. The Bertz CT molecular complexity index is 1220. The minimum Gasteiger partial charge on any atom is -0.393 e. The average Bonchev–Trinajstić information content (AvgIpc) is 2.79. The number of anilines is 4. The number of nitrogens with one attached hydrogen (secondary N) is 3. The van der Waals surface area contributed by atoms with Gasteiger partial charge in [0.15, 0.2) is 11.6 Å². The largest absolute Gasteiger partial charge is 0.393 e. The molecule has 4 rings (SSSR count). The van der Waals surface area contributed by atoms with Crippen molar-refractivity contribution in [1.29, 1.82) is 0 Å². The number of hydrogen-bond acceptors (Lipinski definition) is 6. The summed E-state index contributed by atoms with van der Waals surface area (Å²) in [6, 6.07) is 21.4. The van der Waals surface area contributed by atoms with Crippen molar-refractivity contribution in [1.82, 2.24) is 15.4 Å². The lowest BCUT2D eigenvalue weighted by Gasteiger charge is -2.14. The van der Waals surface area contributed by atoms with E-state index in [0.717, 1.165) is 16.5 Å². The third kappa shape index (κ3) is 4.40. The quantitative estimate of drug-likeness (QED) is 0.338. The average molecular weight is 412 g/mol. The molecule has 0 aliphatic carbocycles. The van der Waals surface area contributed by atoms with Crippen LogP contribution in [0.1, 0.15) is 35.7 Å². The summed E-state index contributed by atoms with van der Waals surface area (Å²) in [5.74, 6) is 0.937. The summed E-state index contributed by atoms with van der Waals surface area (Å²) < 4.78 is 0. The van der Waals surface area contributed by atoms with Crippen molar-refractivity contribution in [3.63, 3.8) is 0 Å². The molecule has 1 amide bonds. The van der Waals surface area contributed by atoms with Crippen molar-refractivity contribution in [3.05, 3.63) is 84.2 Å². The van der Waals surface area contributed by atoms with Gasteiger partial charge in [-0.2, -0.15) is 0 Å². The second kappa shape index (κ2) is 8.71. The molecule has 1 aromatic heterocycles. The Morgan fingerprint density at radius 3 is 2.39 bits per heavy atom. The minimum atomic E-state index is -0.284. The predicted octanol–water partition coefficient (Wildman–Crippen LogP) is 4.84. The highest BCUT2D eigenvalue weighted by Gasteiger charge is 2.12. The number of rotatable bonds is 6. The van der Waals surface area contributed by atoms with Gasteiger partial charge in [0.05, 0.1) is 0 Å². The third-order valence-electron chi connectivity index (χ3n) is 5.05. The fourth-order valence-electron chi connectivity index (χ4n) is 3.29. The van der Waals surface area contributed by atoms with Crippen LogP contribution in [0.15, 0.2) is 73.1 Å². The maximum atomic E-state index is 12.7. The lowest BCUT2D eigenvalue weighted by Crippen LogP contribution is -2.30. The van der Waals surface area contributed by atoms with E-state index in [0.29, 0.717) is 28.8 Å². The molecule has 0 radical (unpaired) electrons. The number of carbonyl (C=O) groups excluding carboxylic acids is 1. The van der Waals surface area contributed by atoms with E-state index in [2.05, 4.69) is 52.1 Å². The SMILES string of the molecule is CC(C)c1ccc(Nc2ncnc(NNC(=O)c3cccc4ccccc34)c2N)cc1. The number of amides is 1. The van der Waals surface area contributed by atoms with Crippen LogP contribution in [-0.4, -0.2) is 15.9 Å². The topological polar surface area (TPSA) is 105 Å². The molecule has 0 unspecified atom stereocenters. The zero-order valence-corrected chi connectivity index (χ0v) is 17.4. The summed E-state index contributed by atoms with van der Waals surface area (Å²) in [5, 5.41) is 5.05. The van der Waals surface area contributed by atoms with Crippen LogP contribution in [0.25, 0.3) is 10.8 Å². The summed E-state index contributed by atoms with van der Waals surface area (Å²) in [6.07, 6.45) is 1.38. The summed E-state index contributed by atoms with van der Waals surface area (Å²) in [6.45, 7) is 4.30. The molecule has 0 aliphatic heterocycles. The van der Waals surface area contributed by atoms with Crippen molar-refractivity contribution in [2.75, 3.05) is 16.5 Å². The first-order chi connectivity index (χ1) is 15.0. The first-order valence-corrected chi connectivity index (χ1v) is 10.0. The summed E-state index contributed by atoms with van der Waals surface area (Å²) in [7, 11) is 0. The van der Waals surface area contributed by atoms with Crippen molar-refractivity contribution in [2.45, 2.75) is 19.8 Å². The summed E-state index contributed by atoms with van der Waals surface area (Å²) in [4.78, 5) is 21.1. The summed E-state index contributed by atoms with van der Waals surface area (Å²) >= 11 is 0. The van der Waals surface area contributed by atoms with E-state index >= 15 is 0 Å². The molecule has 5 N–H and O–H groups in total. The van der Waals surface area contributed by atoms with E-state index in [9.17, 15) is 4.79 Å². The van der Waals surface area contributed by atoms with E-state index < -0.39 is 0 Å². The third-order valence-corrected chi connectivity index (χ3v) is 5.05. The second-order valence-corrected chi connectivity index (χ2v) is 7.49. The highest BCUT2D eigenvalue weighted by atomic mass is 16.2. The number of fused-ring (bicyclic) bond motifs is 1. The van der Waals surface area contributed by atoms with Crippen LogP contribution in [0.3, 0.4) is 0 Å². The Balaban J connectivity index is 1.48. The molecule has 0 fully saturated rings. The van der Waals surface area contributed by atoms with Gasteiger partial charge in [0, 0.05) is 11.3 Å². The first-order valence-electron chi connectivity index (χ1n) is 10.0. The number of hydrazine groups is 1. The molecular formula is C24H24N6O. The standard InChI is InChI=1S/C24H24N6O/c1-15(2)16-10-12-18(13-11-16)28-22-21(25)23(27-14-26-22)29-30-24(31)20-9-5-7-17-6-3-4-8-19(17)20/h3-15H,25H2,1-2H3,(H,30,31)(H2,26,27,28,29). The van der Waals surface area contributed by atoms with Crippen molar-refractivity contribution in [3.8, 4) is 0 Å². The van der Waals surface area contributed by atoms with Crippen LogP contribution in [0, 0.1) is 0 Å². The van der Waals surface area contributed by atoms with Gasteiger partial charge in [0.1, 0.15) is 12.0 Å². The van der Waals surface area contributed by atoms with Gasteiger partial charge in [-0.1, -0.05) is 62.4 Å². The van der Waals surface area contributed by atoms with Crippen LogP contribution in [0.4, 0.5) is 23.0 Å². The van der Waals surface area contributed by atoms with E-state index in [1.807, 2.05) is 48.5 Å². The number of hydrogen-bond donors (Lipinski definition) is 4. The lowest BCUT2D eigenvalue weighted by atomic mass is 10.0. The molecule has 31 heavy (non-hydrogen) atoms. The van der Waals surface area contributed by atoms with Gasteiger partial charge in [-0.3, -0.25) is 15.6 Å². The highest BCUT2D eigenvalue weighted by Crippen LogP contribution is 2.26. The van der Waals surface area contributed by atoms with E-state index in [4.69, 9.17) is 5.73 Å². The second-order valence-electron chi connectivity index (χ2n) is 7.49. The molecule has 7 heteroatoms. The zero-order valence-electron chi connectivity index (χ0n) is 17.4. The molecule has 0 saturated heterocycles. The van der Waals surface area contributed by atoms with E-state index in [1.54, 1.807) is 6.07 Å². The Labute approximate surface area is 180 Å². The normalized spacial score (nSPS) is 10.8. The molecule has 7 nitrogen and oxygen atoms in total. The predicted molar refractivity (Wildman–Crippen MR) is 125 cm³/mol. The fourth-order valence-corrected chi connectivity index (χ4v) is 3.29. The van der Waals surface area contributed by atoms with Crippen molar-refractivity contribution >= 4 is 39.7 Å². The zero-order chi connectivity index (χ0) is 21.8. The van der Waals surface area contributed by atoms with Gasteiger partial charge in [-0.25, -0.2) is 9.97 Å². The number of benzene rings is 3. The van der Waals surface area contributed by atoms with Crippen molar-refractivity contribution in [2.24, 2.45) is 0 Å². The number of nitrogens with zero attached hydrogens (tertiary/aromatic N) is 2. The molecule has 0 atom stereocenters. The minimum absolute atomic E-state index is 0.284. The molecule has 1 heterocycles. The van der Waals surface area contributed by atoms with Crippen molar-refractivity contribution < 1.29 is 4.79 Å². The van der Waals surface area contributed by atoms with Gasteiger partial charge in [-0.05, 0) is 40.5 Å². The molecule has 0 bridgehead atoms. The molecule has 156 valence electrons. The Hall–Kier alpha value is -4.13. The molecule has 3 aromatic carbocycles. The van der Waals surface area contributed by atoms with Gasteiger partial charge in [-0.15, -0.1) is 0 Å². The van der Waals surface area contributed by atoms with Gasteiger partial charge in [0.2, 0.25) is 0 Å². The Morgan fingerprint density at radius 2 is 1.61 bits per heavy atom. The Kier molecular flexibility index (Phi) is 5.66. The van der Waals surface area contributed by atoms with Crippen LogP contribution in [-0.2, 0) is 0 Å². The van der Waals surface area contributed by atoms with E-state index in [1.165, 1.54) is 11.9 Å².